The van der Waals surface area contributed by atoms with Gasteiger partial charge in [-0.25, -0.2) is 0 Å². The maximum absolute atomic E-state index is 10.4. The summed E-state index contributed by atoms with van der Waals surface area (Å²) in [7, 11) is -3.66. The van der Waals surface area contributed by atoms with Gasteiger partial charge in [-0.2, -0.15) is 0 Å². The Bertz CT molecular complexity index is 3930. The average molecular weight is 771 g/mol. The Morgan fingerprint density at radius 1 is 0.379 bits per heavy atom. The number of para-hydroxylation sites is 2. The predicted octanol–water partition coefficient (Wildman–Crippen LogP) is 11.2. The van der Waals surface area contributed by atoms with E-state index in [0.717, 1.165) is 15.6 Å². The van der Waals surface area contributed by atoms with Crippen LogP contribution in [0, 0.1) is 6.92 Å². The summed E-state index contributed by atoms with van der Waals surface area (Å²) in [6.45, 7) is 1.54. The van der Waals surface area contributed by atoms with Gasteiger partial charge >= 0.3 is 0 Å². The molecule has 0 fully saturated rings. The largest absolute Gasteiger partial charge is 0.309 e. The standard InChI is InChI=1S/C55H40N2Si/c1-39-31-33-54-50(35-39)48-27-11-13-29-52(48)56(54)42-19-15-17-40(36-42)41-18-16-20-43(37-41)57-53-30-14-12-28-49(53)51-38-47(32-34-55(51)57)58(44-21-5-2-6-22-44,45-23-7-3-8-24-45)46-25-9-4-10-26-46/h2-38H,1H3/i11D,12D,13D,14D,27D,28D,29D,30D,31D,32D,33D,34D,35D,38D. The molecule has 274 valence electrons. The van der Waals surface area contributed by atoms with Gasteiger partial charge in [-0.3, -0.25) is 0 Å². The molecule has 0 radical (unpaired) electrons. The van der Waals surface area contributed by atoms with E-state index in [1.807, 2.05) is 103 Å². The summed E-state index contributed by atoms with van der Waals surface area (Å²) < 4.78 is 132. The molecular formula is C55H40N2Si. The molecule has 3 heteroatoms. The molecular weight excluding hydrogens is 717 g/mol. The van der Waals surface area contributed by atoms with E-state index in [9.17, 15) is 6.85 Å². The van der Waals surface area contributed by atoms with E-state index in [2.05, 4.69) is 0 Å². The SMILES string of the molecule is [2H]c1c([2H])c([2H])c2c(c1[2H])c1c([2H])c(C)c([2H])c([2H])c1n2-c1cccc(-c2cccc(-n3c4c([2H])c([2H])c([2H])c([2H])c4c4c([2H])c([Si](c5ccccc5)(c5ccccc5)c5ccccc5)c([2H])c([2H])c43)c2)c1. The van der Waals surface area contributed by atoms with E-state index in [1.165, 1.54) is 4.57 Å². The van der Waals surface area contributed by atoms with Crippen LogP contribution in [0.5, 0.6) is 0 Å². The molecule has 0 N–H and O–H groups in total. The third-order valence-corrected chi connectivity index (χ3v) is 15.6. The van der Waals surface area contributed by atoms with E-state index in [1.54, 1.807) is 47.9 Å². The Morgan fingerprint density at radius 3 is 1.31 bits per heavy atom. The fourth-order valence-corrected chi connectivity index (χ4v) is 13.0. The molecule has 0 saturated carbocycles. The lowest BCUT2D eigenvalue weighted by molar-refractivity contribution is 1.17. The predicted molar refractivity (Wildman–Crippen MR) is 249 cm³/mol. The first-order valence-electron chi connectivity index (χ1n) is 26.0. The van der Waals surface area contributed by atoms with Crippen LogP contribution in [0.15, 0.2) is 224 Å². The van der Waals surface area contributed by atoms with Gasteiger partial charge in [0.05, 0.1) is 41.3 Å². The lowest BCUT2D eigenvalue weighted by Gasteiger charge is -2.34. The van der Waals surface area contributed by atoms with Crippen LogP contribution in [0.3, 0.4) is 0 Å². The van der Waals surface area contributed by atoms with Crippen LogP contribution < -0.4 is 20.7 Å². The maximum atomic E-state index is 10.4. The molecule has 2 heterocycles. The maximum Gasteiger partial charge on any atom is 0.179 e. The summed E-state index contributed by atoms with van der Waals surface area (Å²) in [6, 6.07) is 38.5. The molecule has 0 aliphatic rings. The van der Waals surface area contributed by atoms with Crippen LogP contribution in [0.25, 0.3) is 66.1 Å². The second-order valence-corrected chi connectivity index (χ2v) is 18.0. The second-order valence-electron chi connectivity index (χ2n) is 14.3. The summed E-state index contributed by atoms with van der Waals surface area (Å²) in [6.07, 6.45) is 0. The zero-order valence-electron chi connectivity index (χ0n) is 45.2. The quantitative estimate of drug-likeness (QED) is 0.113. The molecule has 0 aliphatic heterocycles. The van der Waals surface area contributed by atoms with Crippen molar-refractivity contribution in [3.63, 3.8) is 0 Å². The Balaban J connectivity index is 1.21. The van der Waals surface area contributed by atoms with E-state index < -0.39 is 32.2 Å². The summed E-state index contributed by atoms with van der Waals surface area (Å²) in [4.78, 5) is 0. The lowest BCUT2D eigenvalue weighted by Crippen LogP contribution is -2.74. The van der Waals surface area contributed by atoms with Gasteiger partial charge in [0.2, 0.25) is 0 Å². The highest BCUT2D eigenvalue weighted by Crippen LogP contribution is 2.36. The zero-order valence-corrected chi connectivity index (χ0v) is 32.2. The number of nitrogens with zero attached hydrogens (tertiary/aromatic N) is 2. The topological polar surface area (TPSA) is 9.86 Å². The molecule has 11 rings (SSSR count). The number of rotatable bonds is 7. The minimum atomic E-state index is -3.66. The van der Waals surface area contributed by atoms with Crippen molar-refractivity contribution in [2.45, 2.75) is 6.92 Å². The Morgan fingerprint density at radius 2 is 0.810 bits per heavy atom. The van der Waals surface area contributed by atoms with Gasteiger partial charge in [0, 0.05) is 32.9 Å². The molecule has 58 heavy (non-hydrogen) atoms. The van der Waals surface area contributed by atoms with Crippen LogP contribution in [0.1, 0.15) is 24.8 Å². The fraction of sp³-hybridized carbons (Fsp3) is 0.0182. The van der Waals surface area contributed by atoms with Gasteiger partial charge in [-0.15, -0.1) is 0 Å². The molecule has 0 aliphatic carbocycles. The van der Waals surface area contributed by atoms with Gasteiger partial charge in [0.1, 0.15) is 0 Å². The first-order valence-corrected chi connectivity index (χ1v) is 21.0. The normalized spacial score (nSPS) is 15.3. The number of hydrogen-bond donors (Lipinski definition) is 0. The first-order chi connectivity index (χ1) is 34.5. The van der Waals surface area contributed by atoms with Gasteiger partial charge in [0.25, 0.3) is 0 Å². The third-order valence-electron chi connectivity index (χ3n) is 11.0. The molecule has 0 spiro atoms. The van der Waals surface area contributed by atoms with Crippen molar-refractivity contribution in [2.75, 3.05) is 0 Å². The lowest BCUT2D eigenvalue weighted by atomic mass is 10.0. The highest BCUT2D eigenvalue weighted by molar-refractivity contribution is 7.20. The van der Waals surface area contributed by atoms with Crippen LogP contribution in [0.2, 0.25) is 0 Å². The summed E-state index contributed by atoms with van der Waals surface area (Å²) in [5.74, 6) is 0. The van der Waals surface area contributed by atoms with Gasteiger partial charge in [-0.05, 0) is 93.3 Å². The Hall–Kier alpha value is -7.20. The second kappa shape index (κ2) is 13.8. The van der Waals surface area contributed by atoms with Gasteiger partial charge in [0.15, 0.2) is 8.07 Å². The third kappa shape index (κ3) is 5.32. The van der Waals surface area contributed by atoms with E-state index in [4.69, 9.17) is 12.3 Å². The van der Waals surface area contributed by atoms with Gasteiger partial charge in [-0.1, -0.05) is 175 Å². The minimum Gasteiger partial charge on any atom is -0.309 e. The van der Waals surface area contributed by atoms with Crippen molar-refractivity contribution in [2.24, 2.45) is 0 Å². The van der Waals surface area contributed by atoms with E-state index in [0.29, 0.717) is 27.7 Å². The molecule has 0 atom stereocenters. The molecule has 2 aromatic heterocycles. The minimum absolute atomic E-state index is 0.0296. The molecule has 0 amide bonds. The van der Waals surface area contributed by atoms with Crippen molar-refractivity contribution < 1.29 is 19.2 Å². The highest BCUT2D eigenvalue weighted by Gasteiger charge is 2.41. The Labute approximate surface area is 359 Å². The summed E-state index contributed by atoms with van der Waals surface area (Å²) >= 11 is 0. The smallest absolute Gasteiger partial charge is 0.179 e. The van der Waals surface area contributed by atoms with Gasteiger partial charge < -0.3 is 9.13 Å². The highest BCUT2D eigenvalue weighted by atomic mass is 28.3. The van der Waals surface area contributed by atoms with Crippen LogP contribution in [0.4, 0.5) is 0 Å². The van der Waals surface area contributed by atoms with Crippen molar-refractivity contribution in [1.29, 1.82) is 0 Å². The molecule has 0 bridgehead atoms. The van der Waals surface area contributed by atoms with Crippen LogP contribution in [-0.4, -0.2) is 17.2 Å². The number of fused-ring (bicyclic) bond motifs is 6. The number of aromatic nitrogens is 2. The van der Waals surface area contributed by atoms with Crippen molar-refractivity contribution in [3.8, 4) is 22.5 Å². The van der Waals surface area contributed by atoms with Crippen molar-refractivity contribution in [1.82, 2.24) is 9.13 Å². The first kappa shape index (κ1) is 22.5. The van der Waals surface area contributed by atoms with Crippen molar-refractivity contribution in [3.05, 3.63) is 230 Å². The van der Waals surface area contributed by atoms with Crippen LogP contribution >= 0.6 is 0 Å². The van der Waals surface area contributed by atoms with Crippen molar-refractivity contribution >= 4 is 72.4 Å². The number of hydrogen-bond acceptors (Lipinski definition) is 0. The zero-order chi connectivity index (χ0) is 50.8. The summed E-state index contributed by atoms with van der Waals surface area (Å²) in [5, 5.41) is 3.23. The fourth-order valence-electron chi connectivity index (χ4n) is 8.47. The van der Waals surface area contributed by atoms with Crippen LogP contribution in [-0.2, 0) is 0 Å². The molecule has 0 unspecified atom stereocenters. The number of benzene rings is 9. The molecule has 11 aromatic rings. The Kier molecular flexibility index (Phi) is 5.35. The summed E-state index contributed by atoms with van der Waals surface area (Å²) in [5.41, 5.74) is 2.35. The average Bonchev–Trinajstić information content (AvgIpc) is 3.97. The molecule has 0 saturated heterocycles. The molecule has 9 aromatic carbocycles. The molecule has 2 nitrogen and oxygen atoms in total. The van der Waals surface area contributed by atoms with E-state index in [-0.39, 0.29) is 110 Å². The monoisotopic (exact) mass is 770 g/mol. The van der Waals surface area contributed by atoms with E-state index >= 15 is 0 Å².